The molecule has 1 unspecified atom stereocenters. The highest BCUT2D eigenvalue weighted by molar-refractivity contribution is 5.94. The molecule has 1 aliphatic rings. The van der Waals surface area contributed by atoms with Crippen molar-refractivity contribution in [3.63, 3.8) is 0 Å². The fraction of sp³-hybridized carbons (Fsp3) is 0.400. The molecule has 1 saturated heterocycles. The van der Waals surface area contributed by atoms with E-state index in [4.69, 9.17) is 4.74 Å². The molecule has 19 heavy (non-hydrogen) atoms. The van der Waals surface area contributed by atoms with Crippen LogP contribution in [0.1, 0.15) is 23.2 Å². The van der Waals surface area contributed by atoms with Crippen LogP contribution in [-0.4, -0.2) is 41.7 Å². The molecule has 0 saturated carbocycles. The van der Waals surface area contributed by atoms with Gasteiger partial charge in [-0.1, -0.05) is 12.7 Å². The maximum Gasteiger partial charge on any atom is 0.254 e. The van der Waals surface area contributed by atoms with Gasteiger partial charge in [0.2, 0.25) is 0 Å². The molecular formula is C15H19NO3. The Bertz CT molecular complexity index is 441. The van der Waals surface area contributed by atoms with Crippen LogP contribution >= 0.6 is 0 Å². The van der Waals surface area contributed by atoms with Crippen molar-refractivity contribution in [3.05, 3.63) is 42.5 Å². The quantitative estimate of drug-likeness (QED) is 0.823. The van der Waals surface area contributed by atoms with E-state index >= 15 is 0 Å². The zero-order chi connectivity index (χ0) is 13.7. The van der Waals surface area contributed by atoms with E-state index in [9.17, 15) is 9.90 Å². The SMILES string of the molecule is C=CCOc1ccc(C(=O)N2CCCC2CO)cc1. The average molecular weight is 261 g/mol. The second kappa shape index (κ2) is 6.38. The standard InChI is InChI=1S/C15H19NO3/c1-2-10-19-14-7-5-12(6-8-14)15(18)16-9-3-4-13(16)11-17/h2,5-8,13,17H,1,3-4,9-11H2. The topological polar surface area (TPSA) is 49.8 Å². The third-order valence-corrected chi connectivity index (χ3v) is 3.32. The van der Waals surface area contributed by atoms with Crippen LogP contribution in [0.3, 0.4) is 0 Å². The Labute approximate surface area is 113 Å². The molecule has 2 rings (SSSR count). The molecule has 1 amide bonds. The van der Waals surface area contributed by atoms with Gasteiger partial charge in [-0.3, -0.25) is 4.79 Å². The Morgan fingerprint density at radius 2 is 2.21 bits per heavy atom. The van der Waals surface area contributed by atoms with Crippen LogP contribution in [-0.2, 0) is 0 Å². The van der Waals surface area contributed by atoms with Gasteiger partial charge >= 0.3 is 0 Å². The summed E-state index contributed by atoms with van der Waals surface area (Å²) in [5, 5.41) is 9.25. The van der Waals surface area contributed by atoms with Crippen LogP contribution in [0.4, 0.5) is 0 Å². The van der Waals surface area contributed by atoms with E-state index in [1.54, 1.807) is 35.2 Å². The Balaban J connectivity index is 2.04. The fourth-order valence-electron chi connectivity index (χ4n) is 2.31. The summed E-state index contributed by atoms with van der Waals surface area (Å²) in [6.45, 7) is 4.79. The van der Waals surface area contributed by atoms with Crippen molar-refractivity contribution in [2.75, 3.05) is 19.8 Å². The maximum atomic E-state index is 12.3. The number of carbonyl (C=O) groups excluding carboxylic acids is 1. The van der Waals surface area contributed by atoms with Crippen molar-refractivity contribution in [1.29, 1.82) is 0 Å². The normalized spacial score (nSPS) is 18.4. The van der Waals surface area contributed by atoms with Crippen LogP contribution in [0.5, 0.6) is 5.75 Å². The molecule has 4 heteroatoms. The summed E-state index contributed by atoms with van der Waals surface area (Å²) < 4.78 is 5.37. The largest absolute Gasteiger partial charge is 0.490 e. The summed E-state index contributed by atoms with van der Waals surface area (Å²) in [7, 11) is 0. The van der Waals surface area contributed by atoms with Crippen molar-refractivity contribution in [2.45, 2.75) is 18.9 Å². The molecular weight excluding hydrogens is 242 g/mol. The molecule has 4 nitrogen and oxygen atoms in total. The van der Waals surface area contributed by atoms with Crippen molar-refractivity contribution in [1.82, 2.24) is 4.90 Å². The van der Waals surface area contributed by atoms with Gasteiger partial charge in [-0.05, 0) is 37.1 Å². The van der Waals surface area contributed by atoms with Crippen molar-refractivity contribution < 1.29 is 14.6 Å². The summed E-state index contributed by atoms with van der Waals surface area (Å²) in [6.07, 6.45) is 3.51. The number of likely N-dealkylation sites (tertiary alicyclic amines) is 1. The first-order valence-corrected chi connectivity index (χ1v) is 6.52. The predicted molar refractivity (Wildman–Crippen MR) is 73.3 cm³/mol. The highest BCUT2D eigenvalue weighted by Gasteiger charge is 2.28. The summed E-state index contributed by atoms with van der Waals surface area (Å²) in [6, 6.07) is 7.03. The van der Waals surface area contributed by atoms with Gasteiger partial charge in [-0.2, -0.15) is 0 Å². The third-order valence-electron chi connectivity index (χ3n) is 3.32. The summed E-state index contributed by atoms with van der Waals surface area (Å²) in [5.41, 5.74) is 0.631. The van der Waals surface area contributed by atoms with Gasteiger partial charge in [0.15, 0.2) is 0 Å². The lowest BCUT2D eigenvalue weighted by molar-refractivity contribution is 0.0677. The van der Waals surface area contributed by atoms with E-state index in [0.29, 0.717) is 12.2 Å². The van der Waals surface area contributed by atoms with Gasteiger partial charge in [0, 0.05) is 12.1 Å². The Hall–Kier alpha value is -1.81. The maximum absolute atomic E-state index is 12.3. The van der Waals surface area contributed by atoms with Crippen LogP contribution < -0.4 is 4.74 Å². The highest BCUT2D eigenvalue weighted by Crippen LogP contribution is 2.21. The Kier molecular flexibility index (Phi) is 4.58. The number of amides is 1. The first kappa shape index (κ1) is 13.6. The lowest BCUT2D eigenvalue weighted by Crippen LogP contribution is -2.37. The lowest BCUT2D eigenvalue weighted by Gasteiger charge is -2.23. The van der Waals surface area contributed by atoms with Gasteiger partial charge in [-0.15, -0.1) is 0 Å². The molecule has 1 aromatic rings. The predicted octanol–water partition coefficient (Wildman–Crippen LogP) is 1.85. The minimum absolute atomic E-state index is 0.0215. The third kappa shape index (κ3) is 3.15. The molecule has 1 aromatic carbocycles. The molecule has 0 radical (unpaired) electrons. The van der Waals surface area contributed by atoms with E-state index in [1.807, 2.05) is 0 Å². The van der Waals surface area contributed by atoms with E-state index in [2.05, 4.69) is 6.58 Å². The second-order valence-corrected chi connectivity index (χ2v) is 4.60. The van der Waals surface area contributed by atoms with E-state index in [-0.39, 0.29) is 18.6 Å². The fourth-order valence-corrected chi connectivity index (χ4v) is 2.31. The van der Waals surface area contributed by atoms with Crippen molar-refractivity contribution >= 4 is 5.91 Å². The number of aliphatic hydroxyl groups is 1. The number of ether oxygens (including phenoxy) is 1. The number of aliphatic hydroxyl groups excluding tert-OH is 1. The number of benzene rings is 1. The number of rotatable bonds is 5. The smallest absolute Gasteiger partial charge is 0.254 e. The summed E-state index contributed by atoms with van der Waals surface area (Å²) in [5.74, 6) is 0.698. The molecule has 1 fully saturated rings. The molecule has 1 N–H and O–H groups in total. The highest BCUT2D eigenvalue weighted by atomic mass is 16.5. The van der Waals surface area contributed by atoms with E-state index in [0.717, 1.165) is 25.1 Å². The zero-order valence-electron chi connectivity index (χ0n) is 10.9. The first-order valence-electron chi connectivity index (χ1n) is 6.52. The summed E-state index contributed by atoms with van der Waals surface area (Å²) in [4.78, 5) is 14.0. The number of carbonyl (C=O) groups is 1. The molecule has 0 spiro atoms. The van der Waals surface area contributed by atoms with Crippen LogP contribution in [0.25, 0.3) is 0 Å². The van der Waals surface area contributed by atoms with Crippen molar-refractivity contribution in [3.8, 4) is 5.75 Å². The van der Waals surface area contributed by atoms with Gasteiger partial charge in [0.05, 0.1) is 12.6 Å². The molecule has 0 aromatic heterocycles. The van der Waals surface area contributed by atoms with Gasteiger partial charge in [-0.25, -0.2) is 0 Å². The molecule has 1 aliphatic heterocycles. The zero-order valence-corrected chi connectivity index (χ0v) is 10.9. The van der Waals surface area contributed by atoms with Crippen molar-refractivity contribution in [2.24, 2.45) is 0 Å². The second-order valence-electron chi connectivity index (χ2n) is 4.60. The number of hydrogen-bond acceptors (Lipinski definition) is 3. The van der Waals surface area contributed by atoms with Gasteiger partial charge < -0.3 is 14.7 Å². The van der Waals surface area contributed by atoms with E-state index in [1.165, 1.54) is 0 Å². The van der Waals surface area contributed by atoms with Gasteiger partial charge in [0.25, 0.3) is 5.91 Å². The van der Waals surface area contributed by atoms with Gasteiger partial charge in [0.1, 0.15) is 12.4 Å². The Morgan fingerprint density at radius 1 is 1.47 bits per heavy atom. The summed E-state index contributed by atoms with van der Waals surface area (Å²) >= 11 is 0. The number of hydrogen-bond donors (Lipinski definition) is 1. The van der Waals surface area contributed by atoms with Crippen LogP contribution in [0.15, 0.2) is 36.9 Å². The molecule has 0 aliphatic carbocycles. The average Bonchev–Trinajstić information content (AvgIpc) is 2.93. The number of nitrogens with zero attached hydrogens (tertiary/aromatic N) is 1. The monoisotopic (exact) mass is 261 g/mol. The van der Waals surface area contributed by atoms with Crippen LogP contribution in [0.2, 0.25) is 0 Å². The minimum Gasteiger partial charge on any atom is -0.490 e. The lowest BCUT2D eigenvalue weighted by atomic mass is 10.1. The molecule has 102 valence electrons. The molecule has 0 bridgehead atoms. The van der Waals surface area contributed by atoms with E-state index < -0.39 is 0 Å². The molecule has 1 atom stereocenters. The first-order chi connectivity index (χ1) is 9.26. The Morgan fingerprint density at radius 3 is 2.84 bits per heavy atom. The minimum atomic E-state index is -0.0378. The molecule has 1 heterocycles. The van der Waals surface area contributed by atoms with Crippen LogP contribution in [0, 0.1) is 0 Å².